The molecule has 3 N–H and O–H groups in total. The Labute approximate surface area is 62.8 Å². The molecule has 2 nitrogen and oxygen atoms in total. The maximum absolute atomic E-state index is 5.36. The Morgan fingerprint density at radius 3 is 2.80 bits per heavy atom. The van der Waals surface area contributed by atoms with E-state index in [9.17, 15) is 0 Å². The summed E-state index contributed by atoms with van der Waals surface area (Å²) in [5, 5.41) is 3.05. The Bertz CT molecular complexity index is 116. The van der Waals surface area contributed by atoms with Crippen molar-refractivity contribution < 1.29 is 0 Å². The van der Waals surface area contributed by atoms with Gasteiger partial charge in [0.05, 0.1) is 0 Å². The number of nitrogens with one attached hydrogen (secondary N) is 1. The van der Waals surface area contributed by atoms with Crippen LogP contribution in [0.15, 0.2) is 24.4 Å². The summed E-state index contributed by atoms with van der Waals surface area (Å²) >= 11 is 0. The van der Waals surface area contributed by atoms with Crippen molar-refractivity contribution in [2.45, 2.75) is 12.8 Å². The van der Waals surface area contributed by atoms with Crippen LogP contribution in [0.4, 0.5) is 0 Å². The minimum atomic E-state index is 0.879. The molecule has 0 radical (unpaired) electrons. The molecular weight excluding hydrogens is 124 g/mol. The Kier molecular flexibility index (Phi) is 5.88. The van der Waals surface area contributed by atoms with Gasteiger partial charge < -0.3 is 11.1 Å². The van der Waals surface area contributed by atoms with Crippen molar-refractivity contribution in [3.63, 3.8) is 0 Å². The summed E-state index contributed by atoms with van der Waals surface area (Å²) in [6, 6.07) is 0. The van der Waals surface area contributed by atoms with E-state index < -0.39 is 0 Å². The molecular formula is C8H16N2. The molecule has 0 aliphatic rings. The zero-order valence-electron chi connectivity index (χ0n) is 6.56. The topological polar surface area (TPSA) is 38.0 Å². The summed E-state index contributed by atoms with van der Waals surface area (Å²) in [5.74, 6) is 0. The molecule has 0 bridgehead atoms. The van der Waals surface area contributed by atoms with Crippen LogP contribution in [0.2, 0.25) is 0 Å². The minimum Gasteiger partial charge on any atom is -0.405 e. The summed E-state index contributed by atoms with van der Waals surface area (Å²) in [4.78, 5) is 0. The first-order chi connectivity index (χ1) is 4.85. The van der Waals surface area contributed by atoms with Gasteiger partial charge in [0, 0.05) is 6.54 Å². The van der Waals surface area contributed by atoms with Gasteiger partial charge in [-0.25, -0.2) is 0 Å². The lowest BCUT2D eigenvalue weighted by Gasteiger charge is -2.02. The lowest BCUT2D eigenvalue weighted by atomic mass is 10.1. The fraction of sp³-hybridized carbons (Fsp3) is 0.500. The van der Waals surface area contributed by atoms with E-state index in [1.54, 1.807) is 6.20 Å². The van der Waals surface area contributed by atoms with Crippen LogP contribution in [-0.4, -0.2) is 13.6 Å². The summed E-state index contributed by atoms with van der Waals surface area (Å²) in [6.45, 7) is 4.52. The van der Waals surface area contributed by atoms with Crippen LogP contribution in [0.5, 0.6) is 0 Å². The summed E-state index contributed by atoms with van der Waals surface area (Å²) in [6.07, 6.45) is 5.59. The zero-order valence-corrected chi connectivity index (χ0v) is 6.56. The average molecular weight is 140 g/mol. The van der Waals surface area contributed by atoms with Gasteiger partial charge in [-0.3, -0.25) is 0 Å². The molecule has 0 saturated heterocycles. The van der Waals surface area contributed by atoms with Gasteiger partial charge in [0.15, 0.2) is 0 Å². The highest BCUT2D eigenvalue weighted by Crippen LogP contribution is 2.01. The molecule has 0 aliphatic carbocycles. The Balaban J connectivity index is 3.51. The van der Waals surface area contributed by atoms with Crippen molar-refractivity contribution >= 4 is 0 Å². The van der Waals surface area contributed by atoms with Gasteiger partial charge in [0.2, 0.25) is 0 Å². The second kappa shape index (κ2) is 6.36. The fourth-order valence-corrected chi connectivity index (χ4v) is 0.745. The second-order valence-electron chi connectivity index (χ2n) is 2.18. The highest BCUT2D eigenvalue weighted by atomic mass is 14.8. The predicted octanol–water partition coefficient (Wildman–Crippen LogP) is 1.01. The highest BCUT2D eigenvalue weighted by molar-refractivity contribution is 5.02. The Hall–Kier alpha value is -0.760. The standard InChI is InChI=1S/C8H16N2/c1-3-4-5-8(6-9)7-10-2/h3,6,10H,1,4-5,7,9H2,2H3/b8-6-. The minimum absolute atomic E-state index is 0.879. The van der Waals surface area contributed by atoms with Crippen LogP contribution in [-0.2, 0) is 0 Å². The van der Waals surface area contributed by atoms with E-state index in [0.717, 1.165) is 19.4 Å². The van der Waals surface area contributed by atoms with Crippen molar-refractivity contribution in [1.82, 2.24) is 5.32 Å². The molecule has 0 spiro atoms. The zero-order chi connectivity index (χ0) is 7.82. The van der Waals surface area contributed by atoms with E-state index in [1.807, 2.05) is 13.1 Å². The molecule has 2 heteroatoms. The van der Waals surface area contributed by atoms with Crippen LogP contribution in [0, 0.1) is 0 Å². The molecule has 0 heterocycles. The number of hydrogen-bond acceptors (Lipinski definition) is 2. The monoisotopic (exact) mass is 140 g/mol. The number of likely N-dealkylation sites (N-methyl/N-ethyl adjacent to an activating group) is 1. The molecule has 0 saturated carbocycles. The van der Waals surface area contributed by atoms with Gasteiger partial charge in [-0.2, -0.15) is 0 Å². The normalized spacial score (nSPS) is 11.5. The lowest BCUT2D eigenvalue weighted by Crippen LogP contribution is -2.11. The first-order valence-corrected chi connectivity index (χ1v) is 3.50. The summed E-state index contributed by atoms with van der Waals surface area (Å²) < 4.78 is 0. The first kappa shape index (κ1) is 9.24. The van der Waals surface area contributed by atoms with Crippen molar-refractivity contribution in [3.05, 3.63) is 24.4 Å². The molecule has 0 fully saturated rings. The predicted molar refractivity (Wildman–Crippen MR) is 45.6 cm³/mol. The first-order valence-electron chi connectivity index (χ1n) is 3.50. The van der Waals surface area contributed by atoms with Gasteiger partial charge in [-0.15, -0.1) is 6.58 Å². The van der Waals surface area contributed by atoms with Crippen molar-refractivity contribution in [2.75, 3.05) is 13.6 Å². The smallest absolute Gasteiger partial charge is 0.0178 e. The molecule has 10 heavy (non-hydrogen) atoms. The molecule has 58 valence electrons. The second-order valence-corrected chi connectivity index (χ2v) is 2.18. The van der Waals surface area contributed by atoms with Gasteiger partial charge in [-0.05, 0) is 31.7 Å². The summed E-state index contributed by atoms with van der Waals surface area (Å²) in [7, 11) is 1.91. The molecule has 0 aromatic heterocycles. The van der Waals surface area contributed by atoms with E-state index >= 15 is 0 Å². The molecule has 0 atom stereocenters. The third-order valence-corrected chi connectivity index (χ3v) is 1.31. The lowest BCUT2D eigenvalue weighted by molar-refractivity contribution is 0.818. The van der Waals surface area contributed by atoms with E-state index in [2.05, 4.69) is 11.9 Å². The third kappa shape index (κ3) is 4.15. The number of hydrogen-bond donors (Lipinski definition) is 2. The van der Waals surface area contributed by atoms with Gasteiger partial charge in [0.25, 0.3) is 0 Å². The van der Waals surface area contributed by atoms with Crippen LogP contribution >= 0.6 is 0 Å². The van der Waals surface area contributed by atoms with Crippen molar-refractivity contribution in [1.29, 1.82) is 0 Å². The largest absolute Gasteiger partial charge is 0.405 e. The number of nitrogens with two attached hydrogens (primary N) is 1. The van der Waals surface area contributed by atoms with Crippen LogP contribution < -0.4 is 11.1 Å². The van der Waals surface area contributed by atoms with Crippen molar-refractivity contribution in [2.24, 2.45) is 5.73 Å². The third-order valence-electron chi connectivity index (χ3n) is 1.31. The number of allylic oxidation sites excluding steroid dienone is 1. The quantitative estimate of drug-likeness (QED) is 0.559. The van der Waals surface area contributed by atoms with Gasteiger partial charge >= 0.3 is 0 Å². The average Bonchev–Trinajstić information content (AvgIpc) is 1.98. The maximum atomic E-state index is 5.36. The van der Waals surface area contributed by atoms with Gasteiger partial charge in [-0.1, -0.05) is 6.08 Å². The van der Waals surface area contributed by atoms with E-state index in [-0.39, 0.29) is 0 Å². The van der Waals surface area contributed by atoms with Crippen LogP contribution in [0.3, 0.4) is 0 Å². The van der Waals surface area contributed by atoms with E-state index in [1.165, 1.54) is 5.57 Å². The molecule has 0 aliphatic heterocycles. The van der Waals surface area contributed by atoms with Gasteiger partial charge in [0.1, 0.15) is 0 Å². The fourth-order valence-electron chi connectivity index (χ4n) is 0.745. The van der Waals surface area contributed by atoms with Crippen LogP contribution in [0.1, 0.15) is 12.8 Å². The Morgan fingerprint density at radius 1 is 1.70 bits per heavy atom. The number of rotatable bonds is 5. The molecule has 0 amide bonds. The van der Waals surface area contributed by atoms with Crippen LogP contribution in [0.25, 0.3) is 0 Å². The molecule has 0 rings (SSSR count). The highest BCUT2D eigenvalue weighted by Gasteiger charge is 1.91. The maximum Gasteiger partial charge on any atom is 0.0178 e. The molecule has 0 unspecified atom stereocenters. The van der Waals surface area contributed by atoms with E-state index in [4.69, 9.17) is 5.73 Å². The molecule has 0 aromatic carbocycles. The SMILES string of the molecule is C=CCC/C(=C/N)CNC. The van der Waals surface area contributed by atoms with E-state index in [0.29, 0.717) is 0 Å². The molecule has 0 aromatic rings. The summed E-state index contributed by atoms with van der Waals surface area (Å²) in [5.41, 5.74) is 6.60. The van der Waals surface area contributed by atoms with Crippen molar-refractivity contribution in [3.8, 4) is 0 Å². The Morgan fingerprint density at radius 2 is 2.40 bits per heavy atom.